The molecule has 0 saturated carbocycles. The zero-order valence-corrected chi connectivity index (χ0v) is 11.1. The van der Waals surface area contributed by atoms with Crippen LogP contribution in [0.15, 0.2) is 36.7 Å². The van der Waals surface area contributed by atoms with Gasteiger partial charge in [0.15, 0.2) is 5.78 Å². The summed E-state index contributed by atoms with van der Waals surface area (Å²) in [7, 11) is 1.25. The summed E-state index contributed by atoms with van der Waals surface area (Å²) < 4.78 is 4.58. The fourth-order valence-electron chi connectivity index (χ4n) is 1.78. The van der Waals surface area contributed by atoms with Crippen LogP contribution in [0, 0.1) is 6.92 Å². The molecule has 2 rings (SSSR count). The molecular weight excluding hydrogens is 258 g/mol. The summed E-state index contributed by atoms with van der Waals surface area (Å²) in [5.74, 6) is -1.07. The molecule has 1 N–H and O–H groups in total. The normalized spacial score (nSPS) is 10.1. The molecule has 5 heteroatoms. The van der Waals surface area contributed by atoms with Gasteiger partial charge in [0.05, 0.1) is 18.2 Å². The van der Waals surface area contributed by atoms with Gasteiger partial charge in [-0.1, -0.05) is 11.6 Å². The number of carbonyl (C=O) groups excluding carboxylic acids is 2. The highest BCUT2D eigenvalue weighted by atomic mass is 16.5. The monoisotopic (exact) mass is 271 g/mol. The van der Waals surface area contributed by atoms with Gasteiger partial charge in [-0.25, -0.2) is 4.79 Å². The number of hydrogen-bond acceptors (Lipinski definition) is 5. The standard InChI is InChI=1S/C15H13NO4/c1-9-3-4-13(17)12(5-9)14(18)10-6-11(8-16-7-10)15(19)20-2/h3-8,17H,1-2H3. The zero-order valence-electron chi connectivity index (χ0n) is 11.1. The van der Waals surface area contributed by atoms with Crippen molar-refractivity contribution in [3.63, 3.8) is 0 Å². The maximum absolute atomic E-state index is 12.3. The molecule has 0 fully saturated rings. The van der Waals surface area contributed by atoms with Crippen LogP contribution in [0.25, 0.3) is 0 Å². The molecule has 102 valence electrons. The lowest BCUT2D eigenvalue weighted by Crippen LogP contribution is -2.07. The van der Waals surface area contributed by atoms with E-state index in [-0.39, 0.29) is 22.4 Å². The fourth-order valence-corrected chi connectivity index (χ4v) is 1.78. The second-order valence-electron chi connectivity index (χ2n) is 4.30. The van der Waals surface area contributed by atoms with Crippen LogP contribution in [0.2, 0.25) is 0 Å². The maximum Gasteiger partial charge on any atom is 0.339 e. The van der Waals surface area contributed by atoms with E-state index in [0.717, 1.165) is 5.56 Å². The topological polar surface area (TPSA) is 76.5 Å². The van der Waals surface area contributed by atoms with Crippen LogP contribution in [-0.4, -0.2) is 29.0 Å². The molecule has 0 atom stereocenters. The Morgan fingerprint density at radius 1 is 1.15 bits per heavy atom. The maximum atomic E-state index is 12.3. The molecule has 0 unspecified atom stereocenters. The van der Waals surface area contributed by atoms with E-state index in [9.17, 15) is 14.7 Å². The molecule has 1 aromatic carbocycles. The molecule has 0 amide bonds. The number of aromatic nitrogens is 1. The van der Waals surface area contributed by atoms with Crippen LogP contribution < -0.4 is 0 Å². The van der Waals surface area contributed by atoms with Gasteiger partial charge in [0.2, 0.25) is 0 Å². The van der Waals surface area contributed by atoms with E-state index in [1.54, 1.807) is 12.1 Å². The summed E-state index contributed by atoms with van der Waals surface area (Å²) in [6, 6.07) is 6.14. The Hall–Kier alpha value is -2.69. The van der Waals surface area contributed by atoms with Crippen molar-refractivity contribution < 1.29 is 19.4 Å². The Labute approximate surface area is 115 Å². The van der Waals surface area contributed by atoms with Gasteiger partial charge in [0.1, 0.15) is 5.75 Å². The summed E-state index contributed by atoms with van der Waals surface area (Å²) in [6.07, 6.45) is 2.66. The average Bonchev–Trinajstić information content (AvgIpc) is 2.48. The van der Waals surface area contributed by atoms with Crippen molar-refractivity contribution in [1.29, 1.82) is 0 Å². The first-order valence-electron chi connectivity index (χ1n) is 5.90. The second-order valence-corrected chi connectivity index (χ2v) is 4.30. The molecule has 0 aliphatic carbocycles. The Morgan fingerprint density at radius 3 is 2.55 bits per heavy atom. The molecule has 2 aromatic rings. The van der Waals surface area contributed by atoms with E-state index in [1.807, 2.05) is 6.92 Å². The zero-order chi connectivity index (χ0) is 14.7. The number of phenolic OH excluding ortho intramolecular Hbond substituents is 1. The van der Waals surface area contributed by atoms with E-state index in [1.165, 1.54) is 31.6 Å². The average molecular weight is 271 g/mol. The Kier molecular flexibility index (Phi) is 3.79. The summed E-state index contributed by atoms with van der Waals surface area (Å²) in [4.78, 5) is 27.6. The number of carbonyl (C=O) groups is 2. The van der Waals surface area contributed by atoms with Crippen molar-refractivity contribution in [2.75, 3.05) is 7.11 Å². The minimum atomic E-state index is -0.569. The van der Waals surface area contributed by atoms with Gasteiger partial charge in [0.25, 0.3) is 0 Å². The third kappa shape index (κ3) is 2.66. The molecule has 1 aromatic heterocycles. The van der Waals surface area contributed by atoms with Crippen LogP contribution in [0.4, 0.5) is 0 Å². The van der Waals surface area contributed by atoms with E-state index in [0.29, 0.717) is 0 Å². The summed E-state index contributed by atoms with van der Waals surface area (Å²) in [5, 5.41) is 9.76. The second kappa shape index (κ2) is 5.52. The first-order chi connectivity index (χ1) is 9.52. The number of methoxy groups -OCH3 is 1. The quantitative estimate of drug-likeness (QED) is 0.683. The van der Waals surface area contributed by atoms with Crippen LogP contribution >= 0.6 is 0 Å². The van der Waals surface area contributed by atoms with Gasteiger partial charge in [-0.05, 0) is 25.1 Å². The largest absolute Gasteiger partial charge is 0.507 e. The first kappa shape index (κ1) is 13.7. The lowest BCUT2D eigenvalue weighted by molar-refractivity contribution is 0.0600. The molecule has 20 heavy (non-hydrogen) atoms. The number of nitrogens with zero attached hydrogens (tertiary/aromatic N) is 1. The Bertz CT molecular complexity index is 679. The molecule has 5 nitrogen and oxygen atoms in total. The summed E-state index contributed by atoms with van der Waals surface area (Å²) in [5.41, 5.74) is 1.43. The smallest absolute Gasteiger partial charge is 0.339 e. The lowest BCUT2D eigenvalue weighted by atomic mass is 10.0. The molecule has 0 bridgehead atoms. The minimum Gasteiger partial charge on any atom is -0.507 e. The number of aryl methyl sites for hydroxylation is 1. The van der Waals surface area contributed by atoms with Gasteiger partial charge in [-0.15, -0.1) is 0 Å². The van der Waals surface area contributed by atoms with Gasteiger partial charge < -0.3 is 9.84 Å². The lowest BCUT2D eigenvalue weighted by Gasteiger charge is -2.06. The van der Waals surface area contributed by atoms with Crippen molar-refractivity contribution in [3.8, 4) is 5.75 Å². The van der Waals surface area contributed by atoms with Crippen molar-refractivity contribution >= 4 is 11.8 Å². The van der Waals surface area contributed by atoms with Crippen molar-refractivity contribution in [3.05, 3.63) is 58.9 Å². The first-order valence-corrected chi connectivity index (χ1v) is 5.90. The van der Waals surface area contributed by atoms with Crippen LogP contribution in [0.5, 0.6) is 5.75 Å². The number of aromatic hydroxyl groups is 1. The predicted octanol–water partition coefficient (Wildman–Crippen LogP) is 2.11. The number of esters is 1. The van der Waals surface area contributed by atoms with Crippen molar-refractivity contribution in [2.24, 2.45) is 0 Å². The van der Waals surface area contributed by atoms with E-state index >= 15 is 0 Å². The highest BCUT2D eigenvalue weighted by Gasteiger charge is 2.16. The fraction of sp³-hybridized carbons (Fsp3) is 0.133. The summed E-state index contributed by atoms with van der Waals surface area (Å²) in [6.45, 7) is 1.82. The van der Waals surface area contributed by atoms with Crippen molar-refractivity contribution in [2.45, 2.75) is 6.92 Å². The molecule has 1 heterocycles. The SMILES string of the molecule is COC(=O)c1cncc(C(=O)c2cc(C)ccc2O)c1. The van der Waals surface area contributed by atoms with Crippen LogP contribution in [0.3, 0.4) is 0 Å². The van der Waals surface area contributed by atoms with Crippen LogP contribution in [0.1, 0.15) is 31.8 Å². The van der Waals surface area contributed by atoms with E-state index in [4.69, 9.17) is 0 Å². The third-order valence-corrected chi connectivity index (χ3v) is 2.82. The number of pyridine rings is 1. The molecular formula is C15H13NO4. The molecule has 0 aliphatic heterocycles. The third-order valence-electron chi connectivity index (χ3n) is 2.82. The number of ketones is 1. The predicted molar refractivity (Wildman–Crippen MR) is 71.9 cm³/mol. The summed E-state index contributed by atoms with van der Waals surface area (Å²) >= 11 is 0. The highest BCUT2D eigenvalue weighted by Crippen LogP contribution is 2.21. The number of ether oxygens (including phenoxy) is 1. The molecule has 0 aliphatic rings. The van der Waals surface area contributed by atoms with Crippen molar-refractivity contribution in [1.82, 2.24) is 4.98 Å². The number of hydrogen-bond donors (Lipinski definition) is 1. The highest BCUT2D eigenvalue weighted by molar-refractivity contribution is 6.11. The number of benzene rings is 1. The number of phenols is 1. The van der Waals surface area contributed by atoms with E-state index < -0.39 is 11.8 Å². The van der Waals surface area contributed by atoms with E-state index in [2.05, 4.69) is 9.72 Å². The van der Waals surface area contributed by atoms with Crippen LogP contribution in [-0.2, 0) is 4.74 Å². The Morgan fingerprint density at radius 2 is 1.85 bits per heavy atom. The molecule has 0 spiro atoms. The molecule has 0 radical (unpaired) electrons. The van der Waals surface area contributed by atoms with Gasteiger partial charge in [0, 0.05) is 18.0 Å². The van der Waals surface area contributed by atoms with Gasteiger partial charge in [-0.2, -0.15) is 0 Å². The number of rotatable bonds is 3. The Balaban J connectivity index is 2.43. The van der Waals surface area contributed by atoms with Gasteiger partial charge in [-0.3, -0.25) is 9.78 Å². The minimum absolute atomic E-state index is 0.107. The molecule has 0 saturated heterocycles. The van der Waals surface area contributed by atoms with Gasteiger partial charge >= 0.3 is 5.97 Å².